The molecule has 0 N–H and O–H groups in total. The van der Waals surface area contributed by atoms with Gasteiger partial charge in [-0.2, -0.15) is 0 Å². The lowest BCUT2D eigenvalue weighted by Gasteiger charge is -2.31. The van der Waals surface area contributed by atoms with Crippen molar-refractivity contribution in [2.45, 2.75) is 25.9 Å². The molecule has 1 aliphatic heterocycles. The maximum Gasteiger partial charge on any atom is 0.410 e. The maximum absolute atomic E-state index is 12.2. The minimum atomic E-state index is -0.235. The Balaban J connectivity index is 1.13. The predicted molar refractivity (Wildman–Crippen MR) is 120 cm³/mol. The summed E-state index contributed by atoms with van der Waals surface area (Å²) in [4.78, 5) is 18.9. The van der Waals surface area contributed by atoms with Gasteiger partial charge in [-0.15, -0.1) is 11.3 Å². The highest BCUT2D eigenvalue weighted by atomic mass is 32.1. The van der Waals surface area contributed by atoms with Gasteiger partial charge in [0.05, 0.1) is 17.0 Å². The third kappa shape index (κ3) is 6.46. The van der Waals surface area contributed by atoms with Gasteiger partial charge in [0, 0.05) is 19.3 Å². The largest absolute Gasteiger partial charge is 0.494 e. The smallest absolute Gasteiger partial charge is 0.410 e. The van der Waals surface area contributed by atoms with Gasteiger partial charge in [0.1, 0.15) is 23.9 Å². The van der Waals surface area contributed by atoms with E-state index in [1.165, 1.54) is 11.3 Å². The number of piperidine rings is 1. The Morgan fingerprint density at radius 1 is 1.00 bits per heavy atom. The van der Waals surface area contributed by atoms with E-state index >= 15 is 0 Å². The Hall–Kier alpha value is -3.06. The lowest BCUT2D eigenvalue weighted by atomic mass is 9.94. The molecule has 2 aromatic carbocycles. The van der Waals surface area contributed by atoms with Gasteiger partial charge in [0.2, 0.25) is 0 Å². The van der Waals surface area contributed by atoms with Crippen molar-refractivity contribution in [3.05, 3.63) is 71.2 Å². The predicted octanol–water partition coefficient (Wildman–Crippen LogP) is 5.75. The summed E-state index contributed by atoms with van der Waals surface area (Å²) in [5.74, 6) is 3.00. The van der Waals surface area contributed by atoms with E-state index < -0.39 is 0 Å². The topological polar surface area (TPSA) is 60.9 Å². The van der Waals surface area contributed by atoms with Crippen molar-refractivity contribution in [1.82, 2.24) is 9.88 Å². The summed E-state index contributed by atoms with van der Waals surface area (Å²) in [6, 6.07) is 17.4. The van der Waals surface area contributed by atoms with E-state index in [1.54, 1.807) is 16.6 Å². The fourth-order valence-corrected chi connectivity index (χ4v) is 4.02. The minimum Gasteiger partial charge on any atom is -0.494 e. The van der Waals surface area contributed by atoms with Crippen LogP contribution in [-0.2, 0) is 11.3 Å². The van der Waals surface area contributed by atoms with Crippen LogP contribution in [0, 0.1) is 5.92 Å². The molecule has 162 valence electrons. The molecule has 0 aliphatic carbocycles. The monoisotopic (exact) mass is 438 g/mol. The van der Waals surface area contributed by atoms with E-state index in [1.807, 2.05) is 54.6 Å². The lowest BCUT2D eigenvalue weighted by Crippen LogP contribution is -2.39. The number of benzene rings is 2. The van der Waals surface area contributed by atoms with Crippen molar-refractivity contribution in [2.75, 3.05) is 19.7 Å². The minimum absolute atomic E-state index is 0.235. The Kier molecular flexibility index (Phi) is 7.39. The van der Waals surface area contributed by atoms with Gasteiger partial charge in [-0.1, -0.05) is 18.2 Å². The van der Waals surface area contributed by atoms with E-state index in [9.17, 15) is 4.79 Å². The molecule has 4 rings (SSSR count). The number of hydrogen-bond acceptors (Lipinski definition) is 6. The van der Waals surface area contributed by atoms with Gasteiger partial charge < -0.3 is 19.1 Å². The van der Waals surface area contributed by atoms with Crippen LogP contribution < -0.4 is 9.47 Å². The van der Waals surface area contributed by atoms with Gasteiger partial charge in [-0.25, -0.2) is 4.79 Å². The van der Waals surface area contributed by atoms with Crippen LogP contribution >= 0.6 is 11.3 Å². The molecule has 0 saturated carbocycles. The van der Waals surface area contributed by atoms with Crippen LogP contribution in [0.25, 0.3) is 0 Å². The molecule has 0 radical (unpaired) electrons. The summed E-state index contributed by atoms with van der Waals surface area (Å²) >= 11 is 1.49. The molecule has 31 heavy (non-hydrogen) atoms. The zero-order valence-electron chi connectivity index (χ0n) is 17.3. The summed E-state index contributed by atoms with van der Waals surface area (Å²) in [5.41, 5.74) is 1.74. The molecule has 0 spiro atoms. The SMILES string of the molecule is O=C(OCc1cncs1)N1CCC(CCOc2ccc(Oc3ccccc3)cc2)CC1. The third-order valence-corrected chi connectivity index (χ3v) is 6.04. The summed E-state index contributed by atoms with van der Waals surface area (Å²) in [5, 5.41) is 0. The van der Waals surface area contributed by atoms with Gasteiger partial charge in [-0.05, 0) is 61.6 Å². The molecule has 1 aromatic heterocycles. The molecule has 1 saturated heterocycles. The average Bonchev–Trinajstić information content (AvgIpc) is 3.34. The van der Waals surface area contributed by atoms with E-state index in [2.05, 4.69) is 4.98 Å². The summed E-state index contributed by atoms with van der Waals surface area (Å²) in [6.07, 6.45) is 4.42. The number of carbonyl (C=O) groups is 1. The van der Waals surface area contributed by atoms with Crippen LogP contribution in [0.4, 0.5) is 4.79 Å². The number of aromatic nitrogens is 1. The fraction of sp³-hybridized carbons (Fsp3) is 0.333. The summed E-state index contributed by atoms with van der Waals surface area (Å²) in [6.45, 7) is 2.43. The first kappa shape index (κ1) is 21.2. The maximum atomic E-state index is 12.2. The molecule has 0 bridgehead atoms. The molecular weight excluding hydrogens is 412 g/mol. The highest BCUT2D eigenvalue weighted by Crippen LogP contribution is 2.25. The normalized spacial score (nSPS) is 14.3. The van der Waals surface area contributed by atoms with E-state index in [0.29, 0.717) is 19.1 Å². The zero-order chi connectivity index (χ0) is 21.3. The van der Waals surface area contributed by atoms with Gasteiger partial charge in [0.15, 0.2) is 0 Å². The number of likely N-dealkylation sites (tertiary alicyclic amines) is 1. The lowest BCUT2D eigenvalue weighted by molar-refractivity contribution is 0.0807. The van der Waals surface area contributed by atoms with Gasteiger partial charge in [-0.3, -0.25) is 4.98 Å². The zero-order valence-corrected chi connectivity index (χ0v) is 18.1. The van der Waals surface area contributed by atoms with Crippen LogP contribution in [0.1, 0.15) is 24.1 Å². The van der Waals surface area contributed by atoms with Crippen molar-refractivity contribution in [3.63, 3.8) is 0 Å². The second kappa shape index (κ2) is 10.8. The molecular formula is C24H26N2O4S. The first-order valence-corrected chi connectivity index (χ1v) is 11.4. The molecule has 0 atom stereocenters. The van der Waals surface area contributed by atoms with Crippen LogP contribution in [0.2, 0.25) is 0 Å². The third-order valence-electron chi connectivity index (χ3n) is 5.29. The van der Waals surface area contributed by atoms with Crippen molar-refractivity contribution < 1.29 is 19.0 Å². The first-order chi connectivity index (χ1) is 15.3. The van der Waals surface area contributed by atoms with E-state index in [0.717, 1.165) is 54.5 Å². The Labute approximate surface area is 186 Å². The average molecular weight is 439 g/mol. The van der Waals surface area contributed by atoms with Crippen LogP contribution in [-0.4, -0.2) is 35.7 Å². The van der Waals surface area contributed by atoms with Crippen LogP contribution in [0.15, 0.2) is 66.3 Å². The number of amides is 1. The molecule has 2 heterocycles. The summed E-state index contributed by atoms with van der Waals surface area (Å²) in [7, 11) is 0. The van der Waals surface area contributed by atoms with Crippen LogP contribution in [0.5, 0.6) is 17.2 Å². The summed E-state index contributed by atoms with van der Waals surface area (Å²) < 4.78 is 17.1. The van der Waals surface area contributed by atoms with Gasteiger partial charge in [0.25, 0.3) is 0 Å². The Morgan fingerprint density at radius 2 is 1.71 bits per heavy atom. The fourth-order valence-electron chi connectivity index (χ4n) is 3.51. The van der Waals surface area contributed by atoms with Crippen LogP contribution in [0.3, 0.4) is 0 Å². The Morgan fingerprint density at radius 3 is 2.42 bits per heavy atom. The highest BCUT2D eigenvalue weighted by Gasteiger charge is 2.23. The van der Waals surface area contributed by atoms with Crippen molar-refractivity contribution >= 4 is 17.4 Å². The number of para-hydroxylation sites is 1. The highest BCUT2D eigenvalue weighted by molar-refractivity contribution is 7.09. The molecule has 1 amide bonds. The van der Waals surface area contributed by atoms with Crippen molar-refractivity contribution in [3.8, 4) is 17.2 Å². The van der Waals surface area contributed by atoms with Crippen molar-refractivity contribution in [1.29, 1.82) is 0 Å². The van der Waals surface area contributed by atoms with Gasteiger partial charge >= 0.3 is 6.09 Å². The van der Waals surface area contributed by atoms with Crippen molar-refractivity contribution in [2.24, 2.45) is 5.92 Å². The second-order valence-corrected chi connectivity index (χ2v) is 8.45. The second-order valence-electron chi connectivity index (χ2n) is 7.48. The number of carbonyl (C=O) groups excluding carboxylic acids is 1. The quantitative estimate of drug-likeness (QED) is 0.448. The molecule has 1 fully saturated rings. The van der Waals surface area contributed by atoms with E-state index in [-0.39, 0.29) is 6.09 Å². The molecule has 1 aliphatic rings. The Bertz CT molecular complexity index is 924. The molecule has 3 aromatic rings. The number of hydrogen-bond donors (Lipinski definition) is 0. The number of rotatable bonds is 8. The number of ether oxygens (including phenoxy) is 3. The standard InChI is InChI=1S/C24H26N2O4S/c27-24(29-17-23-16-25-18-31-23)26-13-10-19(11-14-26)12-15-28-20-6-8-22(9-7-20)30-21-4-2-1-3-5-21/h1-9,16,18-19H,10-15,17H2. The number of thiazole rings is 1. The molecule has 6 nitrogen and oxygen atoms in total. The first-order valence-electron chi connectivity index (χ1n) is 10.5. The van der Waals surface area contributed by atoms with E-state index in [4.69, 9.17) is 14.2 Å². The molecule has 7 heteroatoms. The number of nitrogens with zero attached hydrogens (tertiary/aromatic N) is 2. The molecule has 0 unspecified atom stereocenters.